The maximum absolute atomic E-state index is 12.9. The molecule has 2 aromatic carbocycles. The van der Waals surface area contributed by atoms with Crippen molar-refractivity contribution in [3.63, 3.8) is 0 Å². The number of hydrogen-bond acceptors (Lipinski definition) is 3. The third kappa shape index (κ3) is 6.22. The minimum absolute atomic E-state index is 0.0807. The normalized spacial score (nSPS) is 11.2. The molecule has 3 amide bonds. The minimum atomic E-state index is -0.335. The minimum Gasteiger partial charge on any atom is -0.315 e. The van der Waals surface area contributed by atoms with Crippen molar-refractivity contribution >= 4 is 39.4 Å². The first-order valence-corrected chi connectivity index (χ1v) is 11.7. The van der Waals surface area contributed by atoms with Gasteiger partial charge < -0.3 is 15.5 Å². The number of nitrogens with zero attached hydrogens (tertiary/aromatic N) is 3. The van der Waals surface area contributed by atoms with E-state index in [1.165, 1.54) is 4.90 Å². The average Bonchev–Trinajstić information content (AvgIpc) is 3.18. The maximum Gasteiger partial charge on any atom is 0.322 e. The molecule has 0 fully saturated rings. The van der Waals surface area contributed by atoms with E-state index < -0.39 is 0 Å². The Kier molecular flexibility index (Phi) is 7.58. The molecule has 0 saturated heterocycles. The van der Waals surface area contributed by atoms with Crippen LogP contribution in [-0.2, 0) is 10.2 Å². The van der Waals surface area contributed by atoms with Crippen LogP contribution in [-0.4, -0.2) is 39.7 Å². The van der Waals surface area contributed by atoms with E-state index in [4.69, 9.17) is 5.10 Å². The summed E-state index contributed by atoms with van der Waals surface area (Å²) in [5.41, 5.74) is 3.27. The Morgan fingerprint density at radius 2 is 1.73 bits per heavy atom. The van der Waals surface area contributed by atoms with E-state index in [2.05, 4.69) is 47.3 Å². The van der Waals surface area contributed by atoms with Crippen LogP contribution in [0.5, 0.6) is 0 Å². The van der Waals surface area contributed by atoms with E-state index in [9.17, 15) is 9.59 Å². The van der Waals surface area contributed by atoms with Crippen molar-refractivity contribution in [1.29, 1.82) is 0 Å². The highest BCUT2D eigenvalue weighted by Crippen LogP contribution is 2.27. The molecule has 33 heavy (non-hydrogen) atoms. The van der Waals surface area contributed by atoms with E-state index >= 15 is 0 Å². The maximum atomic E-state index is 12.9. The lowest BCUT2D eigenvalue weighted by Gasteiger charge is -2.21. The fourth-order valence-electron chi connectivity index (χ4n) is 3.24. The van der Waals surface area contributed by atoms with Gasteiger partial charge >= 0.3 is 6.03 Å². The van der Waals surface area contributed by atoms with Crippen LogP contribution >= 0.6 is 15.9 Å². The van der Waals surface area contributed by atoms with Gasteiger partial charge in [-0.25, -0.2) is 9.48 Å². The fraction of sp³-hybridized carbons (Fsp3) is 0.320. The van der Waals surface area contributed by atoms with Crippen LogP contribution in [0.3, 0.4) is 0 Å². The number of benzene rings is 2. The van der Waals surface area contributed by atoms with Crippen molar-refractivity contribution in [2.75, 3.05) is 23.7 Å². The number of para-hydroxylation sites is 1. The number of rotatable bonds is 6. The van der Waals surface area contributed by atoms with Crippen LogP contribution in [0, 0.1) is 6.92 Å². The zero-order chi connectivity index (χ0) is 24.2. The number of likely N-dealkylation sites (N-methyl/N-ethyl adjacent to an activating group) is 1. The highest BCUT2D eigenvalue weighted by atomic mass is 79.9. The Bertz CT molecular complexity index is 1130. The lowest BCUT2D eigenvalue weighted by molar-refractivity contribution is -0.116. The Labute approximate surface area is 203 Å². The van der Waals surface area contributed by atoms with Gasteiger partial charge in [0.2, 0.25) is 5.91 Å². The van der Waals surface area contributed by atoms with Crippen LogP contribution in [0.15, 0.2) is 59.1 Å². The molecular formula is C25H30BrN5O2. The lowest BCUT2D eigenvalue weighted by Crippen LogP contribution is -2.40. The highest BCUT2D eigenvalue weighted by Gasteiger charge is 2.23. The molecule has 3 aromatic rings. The molecule has 0 aliphatic carbocycles. The van der Waals surface area contributed by atoms with Gasteiger partial charge in [-0.3, -0.25) is 4.79 Å². The first-order valence-electron chi connectivity index (χ1n) is 10.9. The number of aromatic nitrogens is 2. The standard InChI is InChI=1S/C25H30BrN5O2/c1-6-30(24(33)27-19-13-11-18(26)12-14-19)16-23(32)28-22-15-21(25(3,4)5)29-31(22)20-10-8-7-9-17(20)2/h7-15H,6,16H2,1-5H3,(H,27,33)(H,28,32). The molecule has 8 heteroatoms. The van der Waals surface area contributed by atoms with E-state index in [0.717, 1.165) is 21.4 Å². The molecule has 2 N–H and O–H groups in total. The summed E-state index contributed by atoms with van der Waals surface area (Å²) in [6, 6.07) is 16.7. The van der Waals surface area contributed by atoms with Crippen LogP contribution < -0.4 is 10.6 Å². The monoisotopic (exact) mass is 511 g/mol. The van der Waals surface area contributed by atoms with Gasteiger partial charge in [-0.05, 0) is 49.7 Å². The molecule has 0 radical (unpaired) electrons. The van der Waals surface area contributed by atoms with Crippen molar-refractivity contribution in [3.8, 4) is 5.69 Å². The Balaban J connectivity index is 1.78. The van der Waals surface area contributed by atoms with Crippen LogP contribution in [0.25, 0.3) is 5.69 Å². The van der Waals surface area contributed by atoms with Gasteiger partial charge in [-0.1, -0.05) is 54.9 Å². The smallest absolute Gasteiger partial charge is 0.315 e. The molecule has 174 valence electrons. The van der Waals surface area contributed by atoms with Gasteiger partial charge in [-0.15, -0.1) is 0 Å². The van der Waals surface area contributed by atoms with Crippen molar-refractivity contribution < 1.29 is 9.59 Å². The topological polar surface area (TPSA) is 79.3 Å². The van der Waals surface area contributed by atoms with Crippen LogP contribution in [0.2, 0.25) is 0 Å². The van der Waals surface area contributed by atoms with Crippen molar-refractivity contribution in [3.05, 3.63) is 70.3 Å². The second kappa shape index (κ2) is 10.2. The van der Waals surface area contributed by atoms with Gasteiger partial charge in [0.15, 0.2) is 0 Å². The molecule has 0 aliphatic heterocycles. The number of amides is 3. The average molecular weight is 512 g/mol. The largest absolute Gasteiger partial charge is 0.322 e. The number of halogens is 1. The second-order valence-electron chi connectivity index (χ2n) is 8.86. The summed E-state index contributed by atoms with van der Waals surface area (Å²) in [6.07, 6.45) is 0. The zero-order valence-corrected chi connectivity index (χ0v) is 21.2. The van der Waals surface area contributed by atoms with Gasteiger partial charge in [-0.2, -0.15) is 5.10 Å². The predicted molar refractivity (Wildman–Crippen MR) is 136 cm³/mol. The van der Waals surface area contributed by atoms with Gasteiger partial charge in [0, 0.05) is 28.2 Å². The third-order valence-electron chi connectivity index (χ3n) is 5.19. The van der Waals surface area contributed by atoms with Crippen molar-refractivity contribution in [2.45, 2.75) is 40.0 Å². The first kappa shape index (κ1) is 24.5. The van der Waals surface area contributed by atoms with E-state index in [1.807, 2.05) is 56.3 Å². The number of carbonyl (C=O) groups is 2. The zero-order valence-electron chi connectivity index (χ0n) is 19.6. The molecule has 0 atom stereocenters. The predicted octanol–water partition coefficient (Wildman–Crippen LogP) is 5.73. The summed E-state index contributed by atoms with van der Waals surface area (Å²) in [5, 5.41) is 10.5. The van der Waals surface area contributed by atoms with Gasteiger partial charge in [0.25, 0.3) is 0 Å². The summed E-state index contributed by atoms with van der Waals surface area (Å²) < 4.78 is 2.68. The first-order chi connectivity index (χ1) is 15.6. The Morgan fingerprint density at radius 3 is 2.33 bits per heavy atom. The second-order valence-corrected chi connectivity index (χ2v) is 9.78. The molecule has 7 nitrogen and oxygen atoms in total. The summed E-state index contributed by atoms with van der Waals surface area (Å²) in [6.45, 7) is 10.4. The number of urea groups is 1. The summed E-state index contributed by atoms with van der Waals surface area (Å²) in [4.78, 5) is 27.1. The van der Waals surface area contributed by atoms with Crippen molar-refractivity contribution in [1.82, 2.24) is 14.7 Å². The summed E-state index contributed by atoms with van der Waals surface area (Å²) >= 11 is 3.38. The Hall–Kier alpha value is -3.13. The number of anilines is 2. The molecule has 0 unspecified atom stereocenters. The SMILES string of the molecule is CCN(CC(=O)Nc1cc(C(C)(C)C)nn1-c1ccccc1C)C(=O)Nc1ccc(Br)cc1. The molecule has 1 heterocycles. The molecular weight excluding hydrogens is 482 g/mol. The van der Waals surface area contributed by atoms with E-state index in [0.29, 0.717) is 18.1 Å². The number of aryl methyl sites for hydroxylation is 1. The Morgan fingerprint density at radius 1 is 1.06 bits per heavy atom. The lowest BCUT2D eigenvalue weighted by atomic mass is 9.92. The number of hydrogen-bond donors (Lipinski definition) is 2. The summed E-state index contributed by atoms with van der Waals surface area (Å²) in [7, 11) is 0. The van der Waals surface area contributed by atoms with Crippen molar-refractivity contribution in [2.24, 2.45) is 0 Å². The number of carbonyl (C=O) groups excluding carboxylic acids is 2. The summed E-state index contributed by atoms with van der Waals surface area (Å²) in [5.74, 6) is 0.279. The fourth-order valence-corrected chi connectivity index (χ4v) is 3.50. The van der Waals surface area contributed by atoms with Gasteiger partial charge in [0.05, 0.1) is 11.4 Å². The van der Waals surface area contributed by atoms with Crippen LogP contribution in [0.1, 0.15) is 39.0 Å². The van der Waals surface area contributed by atoms with E-state index in [1.54, 1.807) is 16.8 Å². The third-order valence-corrected chi connectivity index (χ3v) is 5.72. The molecule has 0 spiro atoms. The van der Waals surface area contributed by atoms with E-state index in [-0.39, 0.29) is 23.9 Å². The quantitative estimate of drug-likeness (QED) is 0.443. The molecule has 3 rings (SSSR count). The molecule has 0 bridgehead atoms. The number of nitrogens with one attached hydrogen (secondary N) is 2. The van der Waals surface area contributed by atoms with Gasteiger partial charge in [0.1, 0.15) is 12.4 Å². The molecule has 0 aliphatic rings. The molecule has 0 saturated carbocycles. The highest BCUT2D eigenvalue weighted by molar-refractivity contribution is 9.10. The molecule has 1 aromatic heterocycles. The van der Waals surface area contributed by atoms with Crippen LogP contribution in [0.4, 0.5) is 16.3 Å².